The summed E-state index contributed by atoms with van der Waals surface area (Å²) in [5, 5.41) is 7.18. The summed E-state index contributed by atoms with van der Waals surface area (Å²) in [5.74, 6) is -1.38. The van der Waals surface area contributed by atoms with Crippen molar-refractivity contribution in [2.75, 3.05) is 0 Å². The second-order valence-corrected chi connectivity index (χ2v) is 7.29. The fourth-order valence-electron chi connectivity index (χ4n) is 1.10. The van der Waals surface area contributed by atoms with Crippen molar-refractivity contribution in [3.05, 3.63) is 21.3 Å². The van der Waals surface area contributed by atoms with E-state index in [1.165, 1.54) is 11.3 Å². The quantitative estimate of drug-likeness (QED) is 0.869. The predicted octanol–water partition coefficient (Wildman–Crippen LogP) is 1.85. The largest absolute Gasteiger partial charge is 0.480 e. The Kier molecular flexibility index (Phi) is 4.54. The highest BCUT2D eigenvalue weighted by atomic mass is 35.5. The maximum Gasteiger partial charge on any atom is 0.323 e. The molecule has 2 N–H and O–H groups in total. The van der Waals surface area contributed by atoms with Crippen LogP contribution in [0.3, 0.4) is 0 Å². The van der Waals surface area contributed by atoms with E-state index in [0.717, 1.165) is 11.8 Å². The first-order valence-corrected chi connectivity index (χ1v) is 7.47. The van der Waals surface area contributed by atoms with Crippen molar-refractivity contribution in [2.45, 2.75) is 25.1 Å². The normalized spacial score (nSPS) is 15.5. The highest BCUT2D eigenvalue weighted by Crippen LogP contribution is 2.27. The lowest BCUT2D eigenvalue weighted by atomic mass is 10.3. The first-order chi connectivity index (χ1) is 7.74. The summed E-state index contributed by atoms with van der Waals surface area (Å²) in [5.41, 5.74) is 0. The first kappa shape index (κ1) is 14.4. The van der Waals surface area contributed by atoms with E-state index < -0.39 is 27.3 Å². The fourth-order valence-corrected chi connectivity index (χ4v) is 3.33. The van der Waals surface area contributed by atoms with Gasteiger partial charge in [0, 0.05) is 4.88 Å². The van der Waals surface area contributed by atoms with Crippen molar-refractivity contribution in [3.8, 4) is 0 Å². The molecule has 1 aromatic heterocycles. The average molecular weight is 298 g/mol. The molecule has 1 heterocycles. The molecule has 0 bridgehead atoms. The van der Waals surface area contributed by atoms with E-state index >= 15 is 0 Å². The van der Waals surface area contributed by atoms with Gasteiger partial charge in [0.15, 0.2) is 5.25 Å². The van der Waals surface area contributed by atoms with E-state index in [0.29, 0.717) is 4.34 Å². The van der Waals surface area contributed by atoms with Gasteiger partial charge in [-0.2, -0.15) is 0 Å². The third-order valence-electron chi connectivity index (χ3n) is 2.18. The van der Waals surface area contributed by atoms with Gasteiger partial charge in [-0.25, -0.2) is 13.1 Å². The summed E-state index contributed by atoms with van der Waals surface area (Å²) in [4.78, 5) is 11.4. The van der Waals surface area contributed by atoms with Gasteiger partial charge in [0.1, 0.15) is 0 Å². The van der Waals surface area contributed by atoms with Crippen molar-refractivity contribution in [2.24, 2.45) is 0 Å². The molecule has 0 saturated carbocycles. The predicted molar refractivity (Wildman–Crippen MR) is 66.9 cm³/mol. The third kappa shape index (κ3) is 3.67. The molecule has 96 valence electrons. The number of sulfonamides is 1. The van der Waals surface area contributed by atoms with Crippen molar-refractivity contribution < 1.29 is 18.3 Å². The van der Waals surface area contributed by atoms with Crippen LogP contribution in [0.4, 0.5) is 0 Å². The molecule has 0 saturated heterocycles. The molecule has 1 rings (SSSR count). The SMILES string of the molecule is CC(NS(=O)(=O)C(C)C(=O)O)c1ccc(Cl)s1. The lowest BCUT2D eigenvalue weighted by Gasteiger charge is -2.15. The number of rotatable bonds is 5. The number of hydrogen-bond donors (Lipinski definition) is 2. The number of halogens is 1. The molecule has 17 heavy (non-hydrogen) atoms. The molecule has 1 aromatic rings. The molecule has 0 aliphatic heterocycles. The maximum absolute atomic E-state index is 11.6. The zero-order valence-electron chi connectivity index (χ0n) is 9.18. The van der Waals surface area contributed by atoms with Crippen LogP contribution in [0.5, 0.6) is 0 Å². The van der Waals surface area contributed by atoms with Crippen molar-refractivity contribution in [1.29, 1.82) is 0 Å². The van der Waals surface area contributed by atoms with Crippen molar-refractivity contribution in [1.82, 2.24) is 4.72 Å². The number of carbonyl (C=O) groups is 1. The van der Waals surface area contributed by atoms with Crippen LogP contribution < -0.4 is 4.72 Å². The molecule has 0 amide bonds. The van der Waals surface area contributed by atoms with Crippen LogP contribution in [0.25, 0.3) is 0 Å². The van der Waals surface area contributed by atoms with Gasteiger partial charge in [-0.3, -0.25) is 4.79 Å². The van der Waals surface area contributed by atoms with E-state index in [4.69, 9.17) is 16.7 Å². The Labute approximate surface area is 108 Å². The van der Waals surface area contributed by atoms with E-state index in [2.05, 4.69) is 4.72 Å². The molecule has 0 spiro atoms. The standard InChI is InChI=1S/C9H12ClNO4S2/c1-5(7-3-4-8(10)16-7)11-17(14,15)6(2)9(12)13/h3-6,11H,1-2H3,(H,12,13). The zero-order chi connectivity index (χ0) is 13.2. The van der Waals surface area contributed by atoms with E-state index in [1.807, 2.05) is 0 Å². The fraction of sp³-hybridized carbons (Fsp3) is 0.444. The topological polar surface area (TPSA) is 83.5 Å². The first-order valence-electron chi connectivity index (χ1n) is 4.73. The number of thiophene rings is 1. The Morgan fingerprint density at radius 3 is 2.47 bits per heavy atom. The van der Waals surface area contributed by atoms with Crippen LogP contribution in [0.15, 0.2) is 12.1 Å². The summed E-state index contributed by atoms with van der Waals surface area (Å²) in [7, 11) is -3.88. The summed E-state index contributed by atoms with van der Waals surface area (Å²) < 4.78 is 26.1. The van der Waals surface area contributed by atoms with Gasteiger partial charge in [-0.1, -0.05) is 11.6 Å². The van der Waals surface area contributed by atoms with E-state index in [-0.39, 0.29) is 0 Å². The van der Waals surface area contributed by atoms with Crippen molar-refractivity contribution in [3.63, 3.8) is 0 Å². The molecular weight excluding hydrogens is 286 g/mol. The minimum absolute atomic E-state index is 0.501. The molecule has 8 heteroatoms. The maximum atomic E-state index is 11.6. The number of nitrogens with one attached hydrogen (secondary N) is 1. The number of hydrogen-bond acceptors (Lipinski definition) is 4. The van der Waals surface area contributed by atoms with Gasteiger partial charge in [0.25, 0.3) is 0 Å². The molecular formula is C9H12ClNO4S2. The highest BCUT2D eigenvalue weighted by Gasteiger charge is 2.29. The second-order valence-electron chi connectivity index (χ2n) is 3.51. The monoisotopic (exact) mass is 297 g/mol. The Balaban J connectivity index is 2.81. The molecule has 0 aliphatic rings. The summed E-state index contributed by atoms with van der Waals surface area (Å²) in [6, 6.07) is 2.86. The van der Waals surface area contributed by atoms with Gasteiger partial charge in [0.05, 0.1) is 10.4 Å². The average Bonchev–Trinajstić information content (AvgIpc) is 2.63. The molecule has 0 aromatic carbocycles. The molecule has 2 atom stereocenters. The van der Waals surface area contributed by atoms with Crippen LogP contribution in [0, 0.1) is 0 Å². The number of carboxylic acids is 1. The van der Waals surface area contributed by atoms with Crippen LogP contribution in [0.1, 0.15) is 24.8 Å². The van der Waals surface area contributed by atoms with E-state index in [9.17, 15) is 13.2 Å². The third-order valence-corrected chi connectivity index (χ3v) is 5.40. The molecule has 0 fully saturated rings. The van der Waals surface area contributed by atoms with Crippen molar-refractivity contribution >= 4 is 38.9 Å². The Morgan fingerprint density at radius 1 is 1.47 bits per heavy atom. The van der Waals surface area contributed by atoms with Gasteiger partial charge in [-0.15, -0.1) is 11.3 Å². The lowest BCUT2D eigenvalue weighted by Crippen LogP contribution is -2.38. The highest BCUT2D eigenvalue weighted by molar-refractivity contribution is 7.90. The second kappa shape index (κ2) is 5.34. The van der Waals surface area contributed by atoms with Gasteiger partial charge < -0.3 is 5.11 Å². The van der Waals surface area contributed by atoms with Gasteiger partial charge in [-0.05, 0) is 26.0 Å². The Hall–Kier alpha value is -0.630. The van der Waals surface area contributed by atoms with Crippen LogP contribution in [0.2, 0.25) is 4.34 Å². The molecule has 5 nitrogen and oxygen atoms in total. The summed E-state index contributed by atoms with van der Waals surface area (Å²) in [6.07, 6.45) is 0. The minimum atomic E-state index is -3.88. The lowest BCUT2D eigenvalue weighted by molar-refractivity contribution is -0.136. The number of aliphatic carboxylic acids is 1. The molecule has 0 aliphatic carbocycles. The molecule has 2 unspecified atom stereocenters. The van der Waals surface area contributed by atoms with Crippen LogP contribution >= 0.6 is 22.9 Å². The summed E-state index contributed by atoms with van der Waals surface area (Å²) >= 11 is 6.98. The smallest absolute Gasteiger partial charge is 0.323 e. The summed E-state index contributed by atoms with van der Waals surface area (Å²) in [6.45, 7) is 2.76. The van der Waals surface area contributed by atoms with Gasteiger partial charge >= 0.3 is 5.97 Å². The number of carboxylic acid groups (broad SMARTS) is 1. The minimum Gasteiger partial charge on any atom is -0.480 e. The van der Waals surface area contributed by atoms with Gasteiger partial charge in [0.2, 0.25) is 10.0 Å². The Bertz CT molecular complexity index is 511. The van der Waals surface area contributed by atoms with Crippen LogP contribution in [-0.2, 0) is 14.8 Å². The van der Waals surface area contributed by atoms with Crippen LogP contribution in [-0.4, -0.2) is 24.7 Å². The zero-order valence-corrected chi connectivity index (χ0v) is 11.6. The Morgan fingerprint density at radius 2 is 2.06 bits per heavy atom. The molecule has 0 radical (unpaired) electrons. The van der Waals surface area contributed by atoms with E-state index in [1.54, 1.807) is 19.1 Å².